The topological polar surface area (TPSA) is 46.9 Å². The van der Waals surface area contributed by atoms with Crippen molar-refractivity contribution in [2.45, 2.75) is 23.8 Å². The molecular weight excluding hydrogens is 389 g/mol. The first-order valence-electron chi connectivity index (χ1n) is 8.29. The molecule has 0 fully saturated rings. The fraction of sp³-hybridized carbons (Fsp3) is 0.211. The molecule has 4 rings (SSSR count). The van der Waals surface area contributed by atoms with Crippen LogP contribution in [0.2, 0.25) is 10.0 Å². The second-order valence-corrected chi connectivity index (χ2v) is 8.39. The second-order valence-electron chi connectivity index (χ2n) is 6.18. The molecule has 0 aliphatic heterocycles. The van der Waals surface area contributed by atoms with Gasteiger partial charge in [-0.05, 0) is 61.3 Å². The van der Waals surface area contributed by atoms with Crippen LogP contribution in [0.5, 0.6) is 0 Å². The van der Waals surface area contributed by atoms with E-state index >= 15 is 0 Å². The quantitative estimate of drug-likeness (QED) is 0.687. The first kappa shape index (κ1) is 17.7. The fourth-order valence-corrected chi connectivity index (χ4v) is 5.04. The third-order valence-corrected chi connectivity index (χ3v) is 6.57. The summed E-state index contributed by atoms with van der Waals surface area (Å²) in [5.74, 6) is 0. The minimum absolute atomic E-state index is 0.244. The van der Waals surface area contributed by atoms with Gasteiger partial charge in [0.05, 0.1) is 15.6 Å². The van der Waals surface area contributed by atoms with Gasteiger partial charge in [0.15, 0.2) is 11.0 Å². The number of benzene rings is 1. The van der Waals surface area contributed by atoms with Crippen LogP contribution in [-0.4, -0.2) is 20.2 Å². The van der Waals surface area contributed by atoms with Crippen LogP contribution in [0.25, 0.3) is 11.3 Å². The average Bonchev–Trinajstić information content (AvgIpc) is 3.22. The molecule has 26 heavy (non-hydrogen) atoms. The van der Waals surface area contributed by atoms with Crippen molar-refractivity contribution in [2.75, 3.05) is 7.05 Å². The molecule has 7 heteroatoms. The molecule has 4 nitrogen and oxygen atoms in total. The summed E-state index contributed by atoms with van der Waals surface area (Å²) in [4.78, 5) is 4.73. The Bertz CT molecular complexity index is 988. The van der Waals surface area contributed by atoms with Crippen LogP contribution in [0.4, 0.5) is 0 Å². The van der Waals surface area contributed by atoms with Gasteiger partial charge in [-0.15, -0.1) is 0 Å². The molecule has 0 bridgehead atoms. The van der Waals surface area contributed by atoms with Crippen LogP contribution in [0.1, 0.15) is 23.6 Å². The average molecular weight is 406 g/mol. The number of halogens is 2. The molecule has 0 radical (unpaired) electrons. The van der Waals surface area contributed by atoms with Gasteiger partial charge in [0.2, 0.25) is 0 Å². The number of aromatic nitrogens is 2. The lowest BCUT2D eigenvalue weighted by molar-refractivity contribution is 0.587. The number of hydrogen-bond acceptors (Lipinski definition) is 3. The first-order chi connectivity index (χ1) is 12.6. The summed E-state index contributed by atoms with van der Waals surface area (Å²) in [6, 6.07) is 9.22. The summed E-state index contributed by atoms with van der Waals surface area (Å²) in [7, 11) is 0.523. The van der Waals surface area contributed by atoms with Crippen molar-refractivity contribution < 1.29 is 4.21 Å². The fourth-order valence-electron chi connectivity index (χ4n) is 3.50. The Hall–Kier alpha value is -1.66. The predicted octanol–water partition coefficient (Wildman–Crippen LogP) is 4.63. The van der Waals surface area contributed by atoms with E-state index in [9.17, 15) is 4.21 Å². The van der Waals surface area contributed by atoms with Crippen LogP contribution in [0.15, 0.2) is 53.8 Å². The lowest BCUT2D eigenvalue weighted by Crippen LogP contribution is -2.13. The van der Waals surface area contributed by atoms with Gasteiger partial charge < -0.3 is 5.32 Å². The molecule has 0 saturated heterocycles. The summed E-state index contributed by atoms with van der Waals surface area (Å²) in [5.41, 5.74) is 4.00. The predicted molar refractivity (Wildman–Crippen MR) is 106 cm³/mol. The van der Waals surface area contributed by atoms with E-state index in [0.717, 1.165) is 29.7 Å². The van der Waals surface area contributed by atoms with E-state index in [2.05, 4.69) is 10.3 Å². The Kier molecular flexibility index (Phi) is 4.88. The summed E-state index contributed by atoms with van der Waals surface area (Å²) in [6.07, 6.45) is 7.17. The second kappa shape index (κ2) is 7.16. The van der Waals surface area contributed by atoms with Crippen LogP contribution in [0, 0.1) is 0 Å². The van der Waals surface area contributed by atoms with Crippen molar-refractivity contribution in [1.82, 2.24) is 14.3 Å². The van der Waals surface area contributed by atoms with Crippen LogP contribution in [0.3, 0.4) is 0 Å². The van der Waals surface area contributed by atoms with Crippen LogP contribution in [-0.2, 0) is 17.4 Å². The zero-order valence-electron chi connectivity index (χ0n) is 14.1. The molecule has 2 unspecified atom stereocenters. The van der Waals surface area contributed by atoms with E-state index in [1.54, 1.807) is 34.6 Å². The molecule has 0 amide bonds. The first-order valence-corrected chi connectivity index (χ1v) is 10.2. The molecule has 134 valence electrons. The van der Waals surface area contributed by atoms with Crippen molar-refractivity contribution in [2.24, 2.45) is 0 Å². The van der Waals surface area contributed by atoms with Crippen molar-refractivity contribution in [3.63, 3.8) is 0 Å². The van der Waals surface area contributed by atoms with Gasteiger partial charge in [-0.25, -0.2) is 4.21 Å². The van der Waals surface area contributed by atoms with Gasteiger partial charge in [0, 0.05) is 35.2 Å². The Morgan fingerprint density at radius 1 is 1.31 bits per heavy atom. The maximum Gasteiger partial charge on any atom is 0.158 e. The number of nitrogens with one attached hydrogen (secondary N) is 1. The summed E-state index contributed by atoms with van der Waals surface area (Å²) < 4.78 is 15.1. The molecule has 0 spiro atoms. The highest BCUT2D eigenvalue weighted by atomic mass is 35.5. The van der Waals surface area contributed by atoms with Crippen LogP contribution >= 0.6 is 23.2 Å². The molecule has 1 aliphatic rings. The minimum atomic E-state index is -1.42. The molecule has 3 aromatic rings. The van der Waals surface area contributed by atoms with Crippen molar-refractivity contribution in [3.8, 4) is 11.3 Å². The third-order valence-electron chi connectivity index (χ3n) is 4.72. The molecule has 0 saturated carbocycles. The maximum absolute atomic E-state index is 13.3. The highest BCUT2D eigenvalue weighted by molar-refractivity contribution is 7.83. The van der Waals surface area contributed by atoms with Gasteiger partial charge in [-0.1, -0.05) is 23.2 Å². The third kappa shape index (κ3) is 2.99. The normalized spacial score (nSPS) is 17.3. The Balaban J connectivity index is 1.95. The molecule has 2 aromatic heterocycles. The number of nitrogens with zero attached hydrogens (tertiary/aromatic N) is 2. The molecule has 1 N–H and O–H groups in total. The zero-order chi connectivity index (χ0) is 18.3. The van der Waals surface area contributed by atoms with Gasteiger partial charge in [-0.2, -0.15) is 0 Å². The summed E-state index contributed by atoms with van der Waals surface area (Å²) in [5, 5.41) is 4.52. The van der Waals surface area contributed by atoms with E-state index in [4.69, 9.17) is 23.2 Å². The maximum atomic E-state index is 13.3. The number of rotatable bonds is 4. The highest BCUT2D eigenvalue weighted by Gasteiger charge is 2.30. The van der Waals surface area contributed by atoms with E-state index < -0.39 is 11.0 Å². The van der Waals surface area contributed by atoms with E-state index in [0.29, 0.717) is 14.9 Å². The molecule has 2 heterocycles. The summed E-state index contributed by atoms with van der Waals surface area (Å²) in [6.45, 7) is 0. The minimum Gasteiger partial charge on any atom is -0.313 e. The number of pyridine rings is 1. The van der Waals surface area contributed by atoms with Gasteiger partial charge in [0.25, 0.3) is 0 Å². The molecule has 1 aliphatic carbocycles. The largest absolute Gasteiger partial charge is 0.313 e. The molecular formula is C19H17Cl2N3OS. The lowest BCUT2D eigenvalue weighted by atomic mass is 10.1. The smallest absolute Gasteiger partial charge is 0.158 e. The molecule has 2 atom stereocenters. The van der Waals surface area contributed by atoms with Crippen molar-refractivity contribution in [3.05, 3.63) is 70.1 Å². The Morgan fingerprint density at radius 3 is 2.88 bits per heavy atom. The van der Waals surface area contributed by atoms with Gasteiger partial charge >= 0.3 is 0 Å². The molecule has 1 aromatic carbocycles. The number of fused-ring (bicyclic) bond motifs is 1. The lowest BCUT2D eigenvalue weighted by Gasteiger charge is -2.13. The monoisotopic (exact) mass is 405 g/mol. The van der Waals surface area contributed by atoms with Gasteiger partial charge in [0.1, 0.15) is 0 Å². The summed E-state index contributed by atoms with van der Waals surface area (Å²) >= 11 is 12.7. The van der Waals surface area contributed by atoms with Crippen molar-refractivity contribution >= 4 is 34.2 Å². The van der Waals surface area contributed by atoms with Gasteiger partial charge in [-0.3, -0.25) is 8.96 Å². The highest BCUT2D eigenvalue weighted by Crippen LogP contribution is 2.42. The van der Waals surface area contributed by atoms with Crippen LogP contribution < -0.4 is 5.32 Å². The number of hydrogen-bond donors (Lipinski definition) is 1. The standard InChI is InChI=1S/C19H17Cl2N3OS/c1-22-18-7-5-14-16(18)11-24(26(25)13-3-2-8-23-10-13)19(14)15-9-12(20)4-6-17(15)21/h2-4,6,8-11,18,22H,5,7H2,1H3. The Labute approximate surface area is 164 Å². The SMILES string of the molecule is CNC1CCc2c1cn(S(=O)c1cccnc1)c2-c1cc(Cl)ccc1Cl. The zero-order valence-corrected chi connectivity index (χ0v) is 16.4. The van der Waals surface area contributed by atoms with E-state index in [-0.39, 0.29) is 6.04 Å². The Morgan fingerprint density at radius 2 is 2.15 bits per heavy atom. The van der Waals surface area contributed by atoms with Crippen molar-refractivity contribution in [1.29, 1.82) is 0 Å². The van der Waals surface area contributed by atoms with E-state index in [1.165, 1.54) is 5.56 Å². The van der Waals surface area contributed by atoms with E-state index in [1.807, 2.05) is 25.4 Å².